The van der Waals surface area contributed by atoms with Crippen molar-refractivity contribution in [1.29, 1.82) is 0 Å². The lowest BCUT2D eigenvalue weighted by molar-refractivity contribution is -0.137. The second-order valence-electron chi connectivity index (χ2n) is 5.81. The third kappa shape index (κ3) is 4.58. The van der Waals surface area contributed by atoms with Crippen molar-refractivity contribution in [2.75, 3.05) is 4.72 Å². The standard InChI is InChI=1S/C16H13F3N4O4S2/c17-16(18,19)11-5-6-15(23-8-2-7-21-23)14(9-11)22-29(26,27)13-4-1-3-12(10-13)28(20,24)25/h1-10,22H,(H2,20,24,25). The smallest absolute Gasteiger partial charge is 0.277 e. The van der Waals surface area contributed by atoms with Gasteiger partial charge in [0.2, 0.25) is 10.0 Å². The minimum absolute atomic E-state index is 0.0363. The van der Waals surface area contributed by atoms with E-state index in [-0.39, 0.29) is 5.69 Å². The molecule has 3 N–H and O–H groups in total. The summed E-state index contributed by atoms with van der Waals surface area (Å²) in [6.45, 7) is 0. The average molecular weight is 446 g/mol. The van der Waals surface area contributed by atoms with Gasteiger partial charge in [-0.3, -0.25) is 4.72 Å². The Hall–Kier alpha value is -2.90. The first-order chi connectivity index (χ1) is 13.4. The van der Waals surface area contributed by atoms with Gasteiger partial charge in [-0.05, 0) is 42.5 Å². The number of hydrogen-bond donors (Lipinski definition) is 2. The highest BCUT2D eigenvalue weighted by Gasteiger charge is 2.32. The van der Waals surface area contributed by atoms with Gasteiger partial charge in [0.25, 0.3) is 10.0 Å². The molecule has 0 aliphatic carbocycles. The second kappa shape index (κ2) is 7.17. The molecule has 13 heteroatoms. The normalized spacial score (nSPS) is 12.7. The van der Waals surface area contributed by atoms with Crippen LogP contribution in [0.1, 0.15) is 5.56 Å². The predicted octanol–water partition coefficient (Wildman–Crippen LogP) is 2.34. The fourth-order valence-corrected chi connectivity index (χ4v) is 4.17. The molecule has 0 aliphatic rings. The number of sulfonamides is 2. The van der Waals surface area contributed by atoms with Crippen molar-refractivity contribution in [3.63, 3.8) is 0 Å². The minimum Gasteiger partial charge on any atom is -0.277 e. The van der Waals surface area contributed by atoms with E-state index in [1.54, 1.807) is 0 Å². The Morgan fingerprint density at radius 3 is 2.24 bits per heavy atom. The van der Waals surface area contributed by atoms with Crippen LogP contribution in [0.5, 0.6) is 0 Å². The number of primary sulfonamides is 1. The summed E-state index contributed by atoms with van der Waals surface area (Å²) in [7, 11) is -8.63. The van der Waals surface area contributed by atoms with Gasteiger partial charge in [0.05, 0.1) is 26.7 Å². The summed E-state index contributed by atoms with van der Waals surface area (Å²) < 4.78 is 90.9. The van der Waals surface area contributed by atoms with E-state index in [1.165, 1.54) is 23.1 Å². The minimum atomic E-state index is -4.71. The Balaban J connectivity index is 2.11. The van der Waals surface area contributed by atoms with Crippen LogP contribution in [0.2, 0.25) is 0 Å². The molecule has 0 amide bonds. The van der Waals surface area contributed by atoms with Crippen LogP contribution in [0, 0.1) is 0 Å². The molecule has 0 bridgehead atoms. The Labute approximate surface area is 163 Å². The zero-order valence-corrected chi connectivity index (χ0v) is 16.0. The summed E-state index contributed by atoms with van der Waals surface area (Å²) in [5.41, 5.74) is -1.44. The zero-order valence-electron chi connectivity index (χ0n) is 14.3. The van der Waals surface area contributed by atoms with Gasteiger partial charge in [0.1, 0.15) is 0 Å². The summed E-state index contributed by atoms with van der Waals surface area (Å²) in [5, 5.41) is 8.89. The lowest BCUT2D eigenvalue weighted by atomic mass is 10.1. The Kier molecular flexibility index (Phi) is 5.15. The Morgan fingerprint density at radius 2 is 1.66 bits per heavy atom. The fraction of sp³-hybridized carbons (Fsp3) is 0.0625. The number of hydrogen-bond acceptors (Lipinski definition) is 5. The van der Waals surface area contributed by atoms with Crippen LogP contribution in [0.3, 0.4) is 0 Å². The molecule has 0 aliphatic heterocycles. The number of benzene rings is 2. The summed E-state index contributed by atoms with van der Waals surface area (Å²) in [5.74, 6) is 0. The van der Waals surface area contributed by atoms with Crippen molar-refractivity contribution in [2.24, 2.45) is 5.14 Å². The summed E-state index contributed by atoms with van der Waals surface area (Å²) in [4.78, 5) is -0.954. The molecule has 0 saturated heterocycles. The molecule has 8 nitrogen and oxygen atoms in total. The molecule has 3 aromatic rings. The maximum atomic E-state index is 13.1. The van der Waals surface area contributed by atoms with Crippen LogP contribution in [0.25, 0.3) is 5.69 Å². The predicted molar refractivity (Wildman–Crippen MR) is 97.2 cm³/mol. The van der Waals surface area contributed by atoms with Gasteiger partial charge in [-0.1, -0.05) is 6.07 Å². The van der Waals surface area contributed by atoms with E-state index in [0.717, 1.165) is 36.4 Å². The molecule has 0 atom stereocenters. The number of halogens is 3. The highest BCUT2D eigenvalue weighted by atomic mass is 32.2. The highest BCUT2D eigenvalue weighted by Crippen LogP contribution is 2.34. The van der Waals surface area contributed by atoms with E-state index < -0.39 is 47.3 Å². The number of nitrogens with zero attached hydrogens (tertiary/aromatic N) is 2. The van der Waals surface area contributed by atoms with Crippen molar-refractivity contribution in [3.8, 4) is 5.69 Å². The van der Waals surface area contributed by atoms with Gasteiger partial charge < -0.3 is 0 Å². The number of nitrogens with two attached hydrogens (primary N) is 1. The Bertz CT molecular complexity index is 1260. The largest absolute Gasteiger partial charge is 0.416 e. The first-order valence-corrected chi connectivity index (χ1v) is 10.8. The number of rotatable bonds is 5. The van der Waals surface area contributed by atoms with Crippen LogP contribution in [-0.4, -0.2) is 26.6 Å². The number of aromatic nitrogens is 2. The van der Waals surface area contributed by atoms with Crippen LogP contribution in [-0.2, 0) is 26.2 Å². The van der Waals surface area contributed by atoms with Crippen molar-refractivity contribution in [3.05, 3.63) is 66.5 Å². The number of nitrogens with one attached hydrogen (secondary N) is 1. The van der Waals surface area contributed by atoms with Gasteiger partial charge >= 0.3 is 6.18 Å². The molecule has 3 rings (SSSR count). The van der Waals surface area contributed by atoms with Crippen LogP contribution < -0.4 is 9.86 Å². The second-order valence-corrected chi connectivity index (χ2v) is 9.05. The molecule has 0 saturated carbocycles. The lowest BCUT2D eigenvalue weighted by Crippen LogP contribution is -2.18. The molecule has 1 aromatic heterocycles. The number of alkyl halides is 3. The van der Waals surface area contributed by atoms with Crippen molar-refractivity contribution in [2.45, 2.75) is 16.0 Å². The molecule has 0 radical (unpaired) electrons. The topological polar surface area (TPSA) is 124 Å². The van der Waals surface area contributed by atoms with Gasteiger partial charge in [-0.2, -0.15) is 18.3 Å². The third-order valence-electron chi connectivity index (χ3n) is 3.76. The van der Waals surface area contributed by atoms with Crippen molar-refractivity contribution in [1.82, 2.24) is 9.78 Å². The van der Waals surface area contributed by atoms with E-state index >= 15 is 0 Å². The molecule has 0 unspecified atom stereocenters. The van der Waals surface area contributed by atoms with E-state index in [4.69, 9.17) is 5.14 Å². The first kappa shape index (κ1) is 20.8. The maximum absolute atomic E-state index is 13.1. The van der Waals surface area contributed by atoms with Gasteiger partial charge in [-0.15, -0.1) is 0 Å². The first-order valence-electron chi connectivity index (χ1n) is 7.75. The molecular formula is C16H13F3N4O4S2. The van der Waals surface area contributed by atoms with Gasteiger partial charge in [0, 0.05) is 12.4 Å². The van der Waals surface area contributed by atoms with Crippen molar-refractivity contribution >= 4 is 25.7 Å². The van der Waals surface area contributed by atoms with Gasteiger partial charge in [-0.25, -0.2) is 26.7 Å². The highest BCUT2D eigenvalue weighted by molar-refractivity contribution is 7.93. The van der Waals surface area contributed by atoms with Gasteiger partial charge in [0.15, 0.2) is 0 Å². The molecule has 0 spiro atoms. The van der Waals surface area contributed by atoms with Crippen molar-refractivity contribution < 1.29 is 30.0 Å². The molecule has 154 valence electrons. The Morgan fingerprint density at radius 1 is 0.966 bits per heavy atom. The van der Waals surface area contributed by atoms with E-state index in [0.29, 0.717) is 6.07 Å². The van der Waals surface area contributed by atoms with E-state index in [9.17, 15) is 30.0 Å². The maximum Gasteiger partial charge on any atom is 0.416 e. The fourth-order valence-electron chi connectivity index (χ4n) is 2.43. The average Bonchev–Trinajstić information content (AvgIpc) is 3.14. The molecule has 29 heavy (non-hydrogen) atoms. The molecule has 1 heterocycles. The zero-order chi connectivity index (χ0) is 21.4. The molecule has 0 fully saturated rings. The number of anilines is 1. The van der Waals surface area contributed by atoms with E-state index in [1.807, 2.05) is 0 Å². The van der Waals surface area contributed by atoms with Crippen LogP contribution in [0.4, 0.5) is 18.9 Å². The SMILES string of the molecule is NS(=O)(=O)c1cccc(S(=O)(=O)Nc2cc(C(F)(F)F)ccc2-n2cccn2)c1. The monoisotopic (exact) mass is 446 g/mol. The van der Waals surface area contributed by atoms with E-state index in [2.05, 4.69) is 9.82 Å². The summed E-state index contributed by atoms with van der Waals surface area (Å²) in [6, 6.07) is 8.11. The quantitative estimate of drug-likeness (QED) is 0.623. The molecular weight excluding hydrogens is 433 g/mol. The molecule has 2 aromatic carbocycles. The lowest BCUT2D eigenvalue weighted by Gasteiger charge is -2.16. The van der Waals surface area contributed by atoms with Crippen LogP contribution >= 0.6 is 0 Å². The summed E-state index contributed by atoms with van der Waals surface area (Å²) >= 11 is 0. The summed E-state index contributed by atoms with van der Waals surface area (Å²) in [6.07, 6.45) is -1.93. The van der Waals surface area contributed by atoms with Crippen LogP contribution in [0.15, 0.2) is 70.7 Å². The third-order valence-corrected chi connectivity index (χ3v) is 6.04.